The Labute approximate surface area is 76.1 Å². The molecule has 0 aliphatic carbocycles. The molecule has 12 heavy (non-hydrogen) atoms. The number of rotatable bonds is 5. The molecule has 1 unspecified atom stereocenters. The molecular formula is C10H22N2. The molecule has 72 valence electrons. The highest BCUT2D eigenvalue weighted by atomic mass is 15.2. The molecule has 1 saturated heterocycles. The van der Waals surface area contributed by atoms with Crippen molar-refractivity contribution >= 4 is 0 Å². The maximum atomic E-state index is 5.46. The van der Waals surface area contributed by atoms with Crippen LogP contribution in [0.25, 0.3) is 0 Å². The smallest absolute Gasteiger partial charge is 0.00931 e. The zero-order valence-corrected chi connectivity index (χ0v) is 8.26. The molecule has 0 amide bonds. The Morgan fingerprint density at radius 3 is 2.92 bits per heavy atom. The second kappa shape index (κ2) is 5.55. The van der Waals surface area contributed by atoms with Gasteiger partial charge in [-0.25, -0.2) is 0 Å². The minimum Gasteiger partial charge on any atom is -0.330 e. The highest BCUT2D eigenvalue weighted by Gasteiger charge is 2.21. The van der Waals surface area contributed by atoms with Crippen LogP contribution in [0.1, 0.15) is 39.0 Å². The molecule has 0 bridgehead atoms. The summed E-state index contributed by atoms with van der Waals surface area (Å²) < 4.78 is 0. The first-order valence-electron chi connectivity index (χ1n) is 5.32. The maximum Gasteiger partial charge on any atom is 0.00931 e. The average Bonchev–Trinajstić information content (AvgIpc) is 2.52. The number of unbranched alkanes of at least 4 members (excludes halogenated alkanes) is 1. The van der Waals surface area contributed by atoms with Crippen molar-refractivity contribution in [3.8, 4) is 0 Å². The summed E-state index contributed by atoms with van der Waals surface area (Å²) in [5.74, 6) is 0. The number of nitrogens with zero attached hydrogens (tertiary/aromatic N) is 1. The van der Waals surface area contributed by atoms with Crippen molar-refractivity contribution < 1.29 is 0 Å². The molecule has 2 heteroatoms. The Balaban J connectivity index is 2.12. The lowest BCUT2D eigenvalue weighted by Gasteiger charge is -2.22. The van der Waals surface area contributed by atoms with Crippen LogP contribution in [0.2, 0.25) is 0 Å². The van der Waals surface area contributed by atoms with Gasteiger partial charge in [0.2, 0.25) is 0 Å². The lowest BCUT2D eigenvalue weighted by atomic mass is 10.1. The van der Waals surface area contributed by atoms with Crippen molar-refractivity contribution in [2.45, 2.75) is 45.1 Å². The maximum absolute atomic E-state index is 5.46. The Morgan fingerprint density at radius 2 is 2.25 bits per heavy atom. The van der Waals surface area contributed by atoms with Gasteiger partial charge in [-0.05, 0) is 51.7 Å². The Kier molecular flexibility index (Phi) is 4.62. The first kappa shape index (κ1) is 10.0. The third-order valence-electron chi connectivity index (χ3n) is 2.87. The van der Waals surface area contributed by atoms with Gasteiger partial charge in [-0.2, -0.15) is 0 Å². The largest absolute Gasteiger partial charge is 0.330 e. The van der Waals surface area contributed by atoms with Crippen molar-refractivity contribution in [2.75, 3.05) is 19.6 Å². The summed E-state index contributed by atoms with van der Waals surface area (Å²) in [6, 6.07) is 0.878. The SMILES string of the molecule is CCC1CCCN1CCCCN. The number of hydrogen-bond acceptors (Lipinski definition) is 2. The monoisotopic (exact) mass is 170 g/mol. The number of hydrogen-bond donors (Lipinski definition) is 1. The molecule has 0 aromatic heterocycles. The average molecular weight is 170 g/mol. The van der Waals surface area contributed by atoms with Gasteiger partial charge in [0, 0.05) is 6.04 Å². The van der Waals surface area contributed by atoms with Crippen LogP contribution >= 0.6 is 0 Å². The van der Waals surface area contributed by atoms with Crippen LogP contribution in [0.5, 0.6) is 0 Å². The standard InChI is InChI=1S/C10H22N2/c1-2-10-6-5-9-12(10)8-4-3-7-11/h10H,2-9,11H2,1H3. The van der Waals surface area contributed by atoms with Crippen molar-refractivity contribution in [1.29, 1.82) is 0 Å². The van der Waals surface area contributed by atoms with E-state index in [-0.39, 0.29) is 0 Å². The van der Waals surface area contributed by atoms with Crippen LogP contribution in [0.15, 0.2) is 0 Å². The van der Waals surface area contributed by atoms with Crippen LogP contribution in [-0.2, 0) is 0 Å². The van der Waals surface area contributed by atoms with Gasteiger partial charge in [0.05, 0.1) is 0 Å². The van der Waals surface area contributed by atoms with Gasteiger partial charge >= 0.3 is 0 Å². The first-order valence-corrected chi connectivity index (χ1v) is 5.32. The molecule has 1 fully saturated rings. The van der Waals surface area contributed by atoms with E-state index >= 15 is 0 Å². The van der Waals surface area contributed by atoms with Gasteiger partial charge < -0.3 is 10.6 Å². The van der Waals surface area contributed by atoms with E-state index < -0.39 is 0 Å². The van der Waals surface area contributed by atoms with Crippen molar-refractivity contribution in [3.63, 3.8) is 0 Å². The summed E-state index contributed by atoms with van der Waals surface area (Å²) in [5, 5.41) is 0. The lowest BCUT2D eigenvalue weighted by Crippen LogP contribution is -2.29. The summed E-state index contributed by atoms with van der Waals surface area (Å²) in [7, 11) is 0. The molecule has 2 N–H and O–H groups in total. The molecule has 0 radical (unpaired) electrons. The van der Waals surface area contributed by atoms with E-state index in [2.05, 4.69) is 11.8 Å². The first-order chi connectivity index (χ1) is 5.88. The van der Waals surface area contributed by atoms with Crippen LogP contribution in [0, 0.1) is 0 Å². The summed E-state index contributed by atoms with van der Waals surface area (Å²) in [5.41, 5.74) is 5.46. The fraction of sp³-hybridized carbons (Fsp3) is 1.00. The van der Waals surface area contributed by atoms with Crippen molar-refractivity contribution in [2.24, 2.45) is 5.73 Å². The van der Waals surface area contributed by atoms with E-state index in [1.165, 1.54) is 45.2 Å². The van der Waals surface area contributed by atoms with Gasteiger partial charge in [-0.3, -0.25) is 0 Å². The predicted molar refractivity (Wildman–Crippen MR) is 53.2 cm³/mol. The molecule has 1 aliphatic rings. The van der Waals surface area contributed by atoms with Gasteiger partial charge in [0.15, 0.2) is 0 Å². The quantitative estimate of drug-likeness (QED) is 0.635. The lowest BCUT2D eigenvalue weighted by molar-refractivity contribution is 0.244. The zero-order valence-electron chi connectivity index (χ0n) is 8.26. The molecule has 0 aromatic carbocycles. The van der Waals surface area contributed by atoms with E-state index in [0.29, 0.717) is 0 Å². The van der Waals surface area contributed by atoms with E-state index in [1.54, 1.807) is 0 Å². The van der Waals surface area contributed by atoms with Gasteiger partial charge in [0.1, 0.15) is 0 Å². The zero-order chi connectivity index (χ0) is 8.81. The van der Waals surface area contributed by atoms with Crippen LogP contribution in [0.4, 0.5) is 0 Å². The van der Waals surface area contributed by atoms with Gasteiger partial charge in [-0.15, -0.1) is 0 Å². The number of likely N-dealkylation sites (tertiary alicyclic amines) is 1. The fourth-order valence-electron chi connectivity index (χ4n) is 2.11. The van der Waals surface area contributed by atoms with E-state index in [1.807, 2.05) is 0 Å². The summed E-state index contributed by atoms with van der Waals surface area (Å²) >= 11 is 0. The van der Waals surface area contributed by atoms with Crippen molar-refractivity contribution in [1.82, 2.24) is 4.90 Å². The highest BCUT2D eigenvalue weighted by Crippen LogP contribution is 2.19. The molecule has 0 saturated carbocycles. The Hall–Kier alpha value is -0.0800. The second-order valence-corrected chi connectivity index (χ2v) is 3.74. The minimum atomic E-state index is 0.852. The Morgan fingerprint density at radius 1 is 1.42 bits per heavy atom. The highest BCUT2D eigenvalue weighted by molar-refractivity contribution is 4.77. The summed E-state index contributed by atoms with van der Waals surface area (Å²) in [6.07, 6.45) is 6.61. The second-order valence-electron chi connectivity index (χ2n) is 3.74. The van der Waals surface area contributed by atoms with E-state index in [0.717, 1.165) is 12.6 Å². The third kappa shape index (κ3) is 2.76. The van der Waals surface area contributed by atoms with Gasteiger partial charge in [0.25, 0.3) is 0 Å². The molecule has 2 nitrogen and oxygen atoms in total. The van der Waals surface area contributed by atoms with Crippen molar-refractivity contribution in [3.05, 3.63) is 0 Å². The van der Waals surface area contributed by atoms with Gasteiger partial charge in [-0.1, -0.05) is 6.92 Å². The van der Waals surface area contributed by atoms with Crippen LogP contribution in [0.3, 0.4) is 0 Å². The molecular weight excluding hydrogens is 148 g/mol. The molecule has 0 aromatic rings. The molecule has 1 heterocycles. The third-order valence-corrected chi connectivity index (χ3v) is 2.87. The molecule has 1 atom stereocenters. The summed E-state index contributed by atoms with van der Waals surface area (Å²) in [6.45, 7) is 5.75. The van der Waals surface area contributed by atoms with Crippen LogP contribution < -0.4 is 5.73 Å². The summed E-state index contributed by atoms with van der Waals surface area (Å²) in [4.78, 5) is 2.63. The Bertz CT molecular complexity index is 114. The molecule has 1 rings (SSSR count). The topological polar surface area (TPSA) is 29.3 Å². The molecule has 1 aliphatic heterocycles. The minimum absolute atomic E-state index is 0.852. The van der Waals surface area contributed by atoms with E-state index in [9.17, 15) is 0 Å². The normalized spacial score (nSPS) is 25.0. The number of nitrogens with two attached hydrogens (primary N) is 1. The fourth-order valence-corrected chi connectivity index (χ4v) is 2.11. The molecule has 0 spiro atoms. The predicted octanol–water partition coefficient (Wildman–Crippen LogP) is 1.60. The van der Waals surface area contributed by atoms with Crippen LogP contribution in [-0.4, -0.2) is 30.6 Å². The van der Waals surface area contributed by atoms with E-state index in [4.69, 9.17) is 5.73 Å².